The second-order valence-electron chi connectivity index (χ2n) is 6.55. The Balaban J connectivity index is 4.32. The van der Waals surface area contributed by atoms with Gasteiger partial charge in [0.1, 0.15) is 5.75 Å². The van der Waals surface area contributed by atoms with Crippen molar-refractivity contribution in [1.29, 1.82) is 0 Å². The van der Waals surface area contributed by atoms with Gasteiger partial charge in [-0.25, -0.2) is 8.78 Å². The number of esters is 2. The molecule has 184 valence electrons. The standard InChI is InChI=1S/C15H20F8O7S/c1-13(16,17)12(15(21,22)23)30-11(25)7-5-3-2-4-6-10(24)29-9(14(18,19)20)8-31(26,27)28/h9,12H,2-8H2,1H3,(H,26,27,28). The van der Waals surface area contributed by atoms with Gasteiger partial charge in [0.25, 0.3) is 22.1 Å². The lowest BCUT2D eigenvalue weighted by Gasteiger charge is -2.25. The molecule has 0 saturated heterocycles. The summed E-state index contributed by atoms with van der Waals surface area (Å²) in [6.45, 7) is -0.0587. The molecule has 7 nitrogen and oxygen atoms in total. The topological polar surface area (TPSA) is 107 Å². The third-order valence-electron chi connectivity index (χ3n) is 3.52. The average Bonchev–Trinajstić information content (AvgIpc) is 2.51. The number of hydrogen-bond acceptors (Lipinski definition) is 6. The van der Waals surface area contributed by atoms with Crippen LogP contribution in [0, 0.1) is 0 Å². The fourth-order valence-electron chi connectivity index (χ4n) is 2.14. The predicted molar refractivity (Wildman–Crippen MR) is 86.6 cm³/mol. The summed E-state index contributed by atoms with van der Waals surface area (Å²) in [5.74, 6) is -9.16. The molecule has 0 aromatic heterocycles. The smallest absolute Gasteiger partial charge is 0.431 e. The molecule has 31 heavy (non-hydrogen) atoms. The number of carbonyl (C=O) groups is 2. The average molecular weight is 496 g/mol. The maximum absolute atomic E-state index is 12.9. The molecule has 0 amide bonds. The normalized spacial score (nSPS) is 15.3. The lowest BCUT2D eigenvalue weighted by atomic mass is 10.1. The van der Waals surface area contributed by atoms with E-state index in [9.17, 15) is 53.1 Å². The molecule has 0 bridgehead atoms. The van der Waals surface area contributed by atoms with E-state index >= 15 is 0 Å². The van der Waals surface area contributed by atoms with Crippen molar-refractivity contribution in [3.05, 3.63) is 0 Å². The summed E-state index contributed by atoms with van der Waals surface area (Å²) in [5.41, 5.74) is 0. The van der Waals surface area contributed by atoms with Gasteiger partial charge in [-0.3, -0.25) is 14.1 Å². The highest BCUT2D eigenvalue weighted by molar-refractivity contribution is 7.85. The van der Waals surface area contributed by atoms with Crippen LogP contribution in [0.2, 0.25) is 0 Å². The van der Waals surface area contributed by atoms with E-state index in [0.717, 1.165) is 0 Å². The van der Waals surface area contributed by atoms with Gasteiger partial charge in [-0.05, 0) is 12.8 Å². The number of unbranched alkanes of at least 4 members (excludes halogenated alkanes) is 3. The Kier molecular flexibility index (Phi) is 10.6. The monoisotopic (exact) mass is 496 g/mol. The highest BCUT2D eigenvalue weighted by atomic mass is 32.2. The molecule has 0 aliphatic carbocycles. The summed E-state index contributed by atoms with van der Waals surface area (Å²) in [5, 5.41) is 0. The second-order valence-corrected chi connectivity index (χ2v) is 8.05. The summed E-state index contributed by atoms with van der Waals surface area (Å²) in [4.78, 5) is 22.7. The Morgan fingerprint density at radius 1 is 0.806 bits per heavy atom. The first-order valence-corrected chi connectivity index (χ1v) is 10.2. The molecule has 2 unspecified atom stereocenters. The molecule has 0 saturated carbocycles. The van der Waals surface area contributed by atoms with E-state index in [0.29, 0.717) is 0 Å². The molecule has 16 heteroatoms. The highest BCUT2D eigenvalue weighted by Crippen LogP contribution is 2.34. The SMILES string of the molecule is CC(F)(F)C(OC(=O)CCCCCCC(=O)OC(CS(=O)(=O)O)C(F)(F)F)C(F)(F)F. The lowest BCUT2D eigenvalue weighted by molar-refractivity contribution is -0.273. The Bertz CT molecular complexity index is 684. The van der Waals surface area contributed by atoms with Crippen LogP contribution >= 0.6 is 0 Å². The second kappa shape index (κ2) is 11.2. The van der Waals surface area contributed by atoms with Crippen LogP contribution < -0.4 is 0 Å². The van der Waals surface area contributed by atoms with Crippen LogP contribution in [-0.2, 0) is 29.2 Å². The zero-order chi connectivity index (χ0) is 24.7. The predicted octanol–water partition coefficient (Wildman–Crippen LogP) is 3.82. The number of halogens is 8. The van der Waals surface area contributed by atoms with E-state index < -0.39 is 71.1 Å². The molecule has 0 aromatic carbocycles. The number of alkyl halides is 8. The van der Waals surface area contributed by atoms with Crippen molar-refractivity contribution in [2.24, 2.45) is 0 Å². The molecule has 0 spiro atoms. The molecule has 0 heterocycles. The fourth-order valence-corrected chi connectivity index (χ4v) is 2.78. The maximum Gasteiger partial charge on any atom is 0.431 e. The molecule has 0 fully saturated rings. The van der Waals surface area contributed by atoms with Crippen molar-refractivity contribution in [2.45, 2.75) is 75.9 Å². The maximum atomic E-state index is 12.9. The summed E-state index contributed by atoms with van der Waals surface area (Å²) in [6, 6.07) is 0. The number of ether oxygens (including phenoxy) is 2. The van der Waals surface area contributed by atoms with Gasteiger partial charge in [0.2, 0.25) is 6.10 Å². The van der Waals surface area contributed by atoms with Crippen LogP contribution in [-0.4, -0.2) is 61.1 Å². The number of hydrogen-bond donors (Lipinski definition) is 1. The molecular formula is C15H20F8O7S. The molecular weight excluding hydrogens is 476 g/mol. The third-order valence-corrected chi connectivity index (χ3v) is 4.24. The van der Waals surface area contributed by atoms with Gasteiger partial charge in [0.15, 0.2) is 0 Å². The van der Waals surface area contributed by atoms with E-state index in [1.54, 1.807) is 0 Å². The van der Waals surface area contributed by atoms with E-state index in [1.807, 2.05) is 0 Å². The van der Waals surface area contributed by atoms with E-state index in [2.05, 4.69) is 9.47 Å². The van der Waals surface area contributed by atoms with Crippen molar-refractivity contribution in [2.75, 3.05) is 5.75 Å². The largest absolute Gasteiger partial charge is 0.451 e. The lowest BCUT2D eigenvalue weighted by Crippen LogP contribution is -2.46. The summed E-state index contributed by atoms with van der Waals surface area (Å²) in [6.07, 6.45) is -18.6. The molecule has 0 rings (SSSR count). The van der Waals surface area contributed by atoms with E-state index in [4.69, 9.17) is 4.55 Å². The van der Waals surface area contributed by atoms with Gasteiger partial charge in [-0.2, -0.15) is 34.8 Å². The van der Waals surface area contributed by atoms with Crippen LogP contribution in [0.1, 0.15) is 45.4 Å². The summed E-state index contributed by atoms with van der Waals surface area (Å²) >= 11 is 0. The molecule has 0 radical (unpaired) electrons. The van der Waals surface area contributed by atoms with E-state index in [-0.39, 0.29) is 32.6 Å². The zero-order valence-corrected chi connectivity index (χ0v) is 16.7. The minimum absolute atomic E-state index is 0.0587. The third kappa shape index (κ3) is 13.3. The Hall–Kier alpha value is -1.71. The van der Waals surface area contributed by atoms with Gasteiger partial charge in [-0.15, -0.1) is 0 Å². The summed E-state index contributed by atoms with van der Waals surface area (Å²) < 4.78 is 138. The van der Waals surface area contributed by atoms with Gasteiger partial charge < -0.3 is 9.47 Å². The minimum Gasteiger partial charge on any atom is -0.451 e. The minimum atomic E-state index is -5.47. The molecule has 2 atom stereocenters. The van der Waals surface area contributed by atoms with Gasteiger partial charge in [0.05, 0.1) is 0 Å². The number of carbonyl (C=O) groups excluding carboxylic acids is 2. The molecule has 0 aromatic rings. The van der Waals surface area contributed by atoms with Crippen molar-refractivity contribution in [3.63, 3.8) is 0 Å². The molecule has 1 N–H and O–H groups in total. The van der Waals surface area contributed by atoms with Crippen LogP contribution in [0.5, 0.6) is 0 Å². The van der Waals surface area contributed by atoms with Crippen LogP contribution in [0.15, 0.2) is 0 Å². The van der Waals surface area contributed by atoms with Crippen molar-refractivity contribution < 1.29 is 67.2 Å². The van der Waals surface area contributed by atoms with Gasteiger partial charge in [0, 0.05) is 19.8 Å². The summed E-state index contributed by atoms with van der Waals surface area (Å²) in [7, 11) is -5.08. The first-order chi connectivity index (χ1) is 13.7. The Morgan fingerprint density at radius 3 is 1.55 bits per heavy atom. The first-order valence-electron chi connectivity index (χ1n) is 8.59. The zero-order valence-electron chi connectivity index (χ0n) is 15.9. The van der Waals surface area contributed by atoms with Crippen LogP contribution in [0.25, 0.3) is 0 Å². The van der Waals surface area contributed by atoms with Crippen molar-refractivity contribution in [1.82, 2.24) is 0 Å². The molecule has 0 aliphatic heterocycles. The van der Waals surface area contributed by atoms with E-state index in [1.165, 1.54) is 0 Å². The van der Waals surface area contributed by atoms with Gasteiger partial charge in [-0.1, -0.05) is 12.8 Å². The highest BCUT2D eigenvalue weighted by Gasteiger charge is 2.56. The fraction of sp³-hybridized carbons (Fsp3) is 0.867. The van der Waals surface area contributed by atoms with Gasteiger partial charge >= 0.3 is 24.3 Å². The van der Waals surface area contributed by atoms with Crippen LogP contribution in [0.3, 0.4) is 0 Å². The Labute approximate surface area is 171 Å². The van der Waals surface area contributed by atoms with Crippen LogP contribution in [0.4, 0.5) is 35.1 Å². The number of rotatable bonds is 12. The van der Waals surface area contributed by atoms with Crippen molar-refractivity contribution in [3.8, 4) is 0 Å². The Morgan fingerprint density at radius 2 is 1.23 bits per heavy atom. The first kappa shape index (κ1) is 29.3. The molecule has 0 aliphatic rings. The van der Waals surface area contributed by atoms with Crippen molar-refractivity contribution >= 4 is 22.1 Å². The quantitative estimate of drug-likeness (QED) is 0.190.